The van der Waals surface area contributed by atoms with E-state index in [4.69, 9.17) is 11.6 Å². The Labute approximate surface area is 88.4 Å². The first-order valence-electron chi connectivity index (χ1n) is 4.56. The third-order valence-electron chi connectivity index (χ3n) is 1.82. The van der Waals surface area contributed by atoms with Crippen LogP contribution in [0.2, 0.25) is 5.02 Å². The molecule has 0 bridgehead atoms. The van der Waals surface area contributed by atoms with Crippen molar-refractivity contribution in [1.29, 1.82) is 0 Å². The monoisotopic (exact) mass is 212 g/mol. The van der Waals surface area contributed by atoms with Crippen LogP contribution in [-0.2, 0) is 6.54 Å². The standard InChI is InChI=1S/C10H13ClN2O/c1-3-5-9(14)10-8(11)7-12-13(10)6-4-2/h3,7H,1,4-6H2,2H3. The third kappa shape index (κ3) is 2.23. The molecule has 0 aromatic carbocycles. The van der Waals surface area contributed by atoms with Crippen LogP contribution in [-0.4, -0.2) is 15.6 Å². The molecule has 1 heterocycles. The number of Topliss-reactive ketones (excluding diaryl/α,β-unsaturated/α-hetero) is 1. The summed E-state index contributed by atoms with van der Waals surface area (Å²) in [6, 6.07) is 0. The van der Waals surface area contributed by atoms with Crippen LogP contribution in [0.25, 0.3) is 0 Å². The van der Waals surface area contributed by atoms with Gasteiger partial charge < -0.3 is 0 Å². The number of carbonyl (C=O) groups excluding carboxylic acids is 1. The molecule has 0 aliphatic carbocycles. The number of hydrogen-bond donors (Lipinski definition) is 0. The van der Waals surface area contributed by atoms with E-state index in [1.54, 1.807) is 10.8 Å². The fourth-order valence-corrected chi connectivity index (χ4v) is 1.50. The van der Waals surface area contributed by atoms with Gasteiger partial charge in [0.05, 0.1) is 11.2 Å². The zero-order chi connectivity index (χ0) is 10.6. The second-order valence-corrected chi connectivity index (χ2v) is 3.39. The molecule has 0 saturated heterocycles. The molecule has 0 spiro atoms. The Morgan fingerprint density at radius 1 is 1.79 bits per heavy atom. The maximum atomic E-state index is 11.6. The van der Waals surface area contributed by atoms with Gasteiger partial charge in [-0.3, -0.25) is 9.48 Å². The summed E-state index contributed by atoms with van der Waals surface area (Å²) in [5.41, 5.74) is 0.494. The lowest BCUT2D eigenvalue weighted by molar-refractivity contribution is 0.0985. The van der Waals surface area contributed by atoms with Crippen molar-refractivity contribution in [2.75, 3.05) is 0 Å². The van der Waals surface area contributed by atoms with Crippen LogP contribution in [0, 0.1) is 0 Å². The second kappa shape index (κ2) is 4.96. The van der Waals surface area contributed by atoms with E-state index in [0.717, 1.165) is 6.42 Å². The number of hydrogen-bond acceptors (Lipinski definition) is 2. The minimum absolute atomic E-state index is 0.0315. The van der Waals surface area contributed by atoms with Crippen LogP contribution in [0.15, 0.2) is 18.9 Å². The van der Waals surface area contributed by atoms with E-state index in [-0.39, 0.29) is 5.78 Å². The van der Waals surface area contributed by atoms with E-state index >= 15 is 0 Å². The van der Waals surface area contributed by atoms with E-state index in [1.807, 2.05) is 6.92 Å². The number of rotatable bonds is 5. The molecule has 1 rings (SSSR count). The predicted octanol–water partition coefficient (Wildman–Crippen LogP) is 2.71. The fraction of sp³-hybridized carbons (Fsp3) is 0.400. The van der Waals surface area contributed by atoms with Crippen molar-refractivity contribution >= 4 is 17.4 Å². The third-order valence-corrected chi connectivity index (χ3v) is 2.10. The van der Waals surface area contributed by atoms with E-state index < -0.39 is 0 Å². The predicted molar refractivity (Wildman–Crippen MR) is 56.7 cm³/mol. The van der Waals surface area contributed by atoms with Crippen LogP contribution in [0.3, 0.4) is 0 Å². The van der Waals surface area contributed by atoms with Crippen molar-refractivity contribution in [3.05, 3.63) is 29.6 Å². The Bertz CT molecular complexity index is 344. The first-order valence-corrected chi connectivity index (χ1v) is 4.93. The highest BCUT2D eigenvalue weighted by molar-refractivity contribution is 6.33. The van der Waals surface area contributed by atoms with Gasteiger partial charge in [0.1, 0.15) is 5.69 Å². The maximum absolute atomic E-state index is 11.6. The highest BCUT2D eigenvalue weighted by atomic mass is 35.5. The van der Waals surface area contributed by atoms with Crippen molar-refractivity contribution in [3.63, 3.8) is 0 Å². The van der Waals surface area contributed by atoms with Crippen LogP contribution in [0.1, 0.15) is 30.3 Å². The van der Waals surface area contributed by atoms with Crippen LogP contribution in [0.4, 0.5) is 0 Å². The average molecular weight is 213 g/mol. The molecule has 1 aromatic heterocycles. The topological polar surface area (TPSA) is 34.9 Å². The molecule has 0 saturated carbocycles. The summed E-state index contributed by atoms with van der Waals surface area (Å²) in [7, 11) is 0. The Morgan fingerprint density at radius 2 is 2.50 bits per heavy atom. The van der Waals surface area contributed by atoms with Gasteiger partial charge in [0.2, 0.25) is 0 Å². The number of carbonyl (C=O) groups is 1. The summed E-state index contributed by atoms with van der Waals surface area (Å²) in [5.74, 6) is -0.0315. The van der Waals surface area contributed by atoms with Crippen molar-refractivity contribution < 1.29 is 4.79 Å². The minimum atomic E-state index is -0.0315. The zero-order valence-corrected chi connectivity index (χ0v) is 8.92. The molecular formula is C10H13ClN2O. The summed E-state index contributed by atoms with van der Waals surface area (Å²) in [5, 5.41) is 4.46. The van der Waals surface area contributed by atoms with Gasteiger partial charge in [0, 0.05) is 13.0 Å². The summed E-state index contributed by atoms with van der Waals surface area (Å²) < 4.78 is 1.65. The first kappa shape index (κ1) is 11.0. The van der Waals surface area contributed by atoms with E-state index in [9.17, 15) is 4.79 Å². The first-order chi connectivity index (χ1) is 6.70. The summed E-state index contributed by atoms with van der Waals surface area (Å²) in [6.45, 7) is 6.26. The molecular weight excluding hydrogens is 200 g/mol. The molecule has 76 valence electrons. The Hall–Kier alpha value is -1.09. The van der Waals surface area contributed by atoms with E-state index in [0.29, 0.717) is 23.7 Å². The SMILES string of the molecule is C=CCC(=O)c1c(Cl)cnn1CCC. The highest BCUT2D eigenvalue weighted by Crippen LogP contribution is 2.17. The minimum Gasteiger partial charge on any atom is -0.292 e. The molecule has 0 radical (unpaired) electrons. The van der Waals surface area contributed by atoms with Gasteiger partial charge in [0.15, 0.2) is 5.78 Å². The van der Waals surface area contributed by atoms with Gasteiger partial charge >= 0.3 is 0 Å². The normalized spacial score (nSPS) is 10.1. The van der Waals surface area contributed by atoms with Crippen molar-refractivity contribution in [1.82, 2.24) is 9.78 Å². The number of aromatic nitrogens is 2. The lowest BCUT2D eigenvalue weighted by atomic mass is 10.2. The van der Waals surface area contributed by atoms with Gasteiger partial charge in [-0.05, 0) is 6.42 Å². The van der Waals surface area contributed by atoms with Gasteiger partial charge in [-0.2, -0.15) is 5.10 Å². The van der Waals surface area contributed by atoms with Crippen LogP contribution >= 0.6 is 11.6 Å². The van der Waals surface area contributed by atoms with Gasteiger partial charge in [0.25, 0.3) is 0 Å². The molecule has 0 N–H and O–H groups in total. The van der Waals surface area contributed by atoms with Crippen LogP contribution in [0.5, 0.6) is 0 Å². The summed E-state index contributed by atoms with van der Waals surface area (Å²) in [4.78, 5) is 11.6. The van der Waals surface area contributed by atoms with E-state index in [1.165, 1.54) is 6.20 Å². The smallest absolute Gasteiger partial charge is 0.186 e. The van der Waals surface area contributed by atoms with Gasteiger partial charge in [-0.15, -0.1) is 6.58 Å². The van der Waals surface area contributed by atoms with Gasteiger partial charge in [-0.25, -0.2) is 0 Å². The molecule has 0 atom stereocenters. The second-order valence-electron chi connectivity index (χ2n) is 2.98. The number of halogens is 1. The molecule has 0 amide bonds. The number of allylic oxidation sites excluding steroid dienone is 1. The average Bonchev–Trinajstić information content (AvgIpc) is 2.48. The van der Waals surface area contributed by atoms with Gasteiger partial charge in [-0.1, -0.05) is 24.6 Å². The Morgan fingerprint density at radius 3 is 3.07 bits per heavy atom. The molecule has 4 heteroatoms. The fourth-order valence-electron chi connectivity index (χ4n) is 1.25. The van der Waals surface area contributed by atoms with Crippen molar-refractivity contribution in [2.45, 2.75) is 26.3 Å². The maximum Gasteiger partial charge on any atom is 0.186 e. The molecule has 14 heavy (non-hydrogen) atoms. The molecule has 3 nitrogen and oxygen atoms in total. The summed E-state index contributed by atoms with van der Waals surface area (Å²) >= 11 is 5.87. The largest absolute Gasteiger partial charge is 0.292 e. The number of aryl methyl sites for hydroxylation is 1. The molecule has 0 unspecified atom stereocenters. The molecule has 0 aliphatic heterocycles. The molecule has 0 aliphatic rings. The number of nitrogens with zero attached hydrogens (tertiary/aromatic N) is 2. The molecule has 1 aromatic rings. The Balaban J connectivity index is 2.97. The Kier molecular flexibility index (Phi) is 3.89. The van der Waals surface area contributed by atoms with E-state index in [2.05, 4.69) is 11.7 Å². The number of ketones is 1. The highest BCUT2D eigenvalue weighted by Gasteiger charge is 2.15. The van der Waals surface area contributed by atoms with Crippen molar-refractivity contribution in [2.24, 2.45) is 0 Å². The zero-order valence-electron chi connectivity index (χ0n) is 8.16. The van der Waals surface area contributed by atoms with Crippen molar-refractivity contribution in [3.8, 4) is 0 Å². The summed E-state index contributed by atoms with van der Waals surface area (Å²) in [6.07, 6.45) is 4.30. The van der Waals surface area contributed by atoms with Crippen LogP contribution < -0.4 is 0 Å². The lowest BCUT2D eigenvalue weighted by Crippen LogP contribution is -2.10. The molecule has 0 fully saturated rings. The quantitative estimate of drug-likeness (QED) is 0.556. The lowest BCUT2D eigenvalue weighted by Gasteiger charge is -2.03.